The zero-order chi connectivity index (χ0) is 15.0. The van der Waals surface area contributed by atoms with Gasteiger partial charge >= 0.3 is 0 Å². The molecule has 0 saturated heterocycles. The molecule has 1 unspecified atom stereocenters. The summed E-state index contributed by atoms with van der Waals surface area (Å²) in [4.78, 5) is 11.5. The first-order valence-corrected chi connectivity index (χ1v) is 8.07. The predicted molar refractivity (Wildman–Crippen MR) is 73.3 cm³/mol. The van der Waals surface area contributed by atoms with E-state index in [2.05, 4.69) is 4.72 Å². The zero-order valence-corrected chi connectivity index (χ0v) is 12.3. The van der Waals surface area contributed by atoms with E-state index in [4.69, 9.17) is 0 Å². The molecule has 0 bridgehead atoms. The second-order valence-corrected chi connectivity index (χ2v) is 6.56. The summed E-state index contributed by atoms with van der Waals surface area (Å²) in [5, 5.41) is 10.2. The summed E-state index contributed by atoms with van der Waals surface area (Å²) in [5.41, 5.74) is 1.22. The van der Waals surface area contributed by atoms with Gasteiger partial charge in [0.05, 0.1) is 19.6 Å². The smallest absolute Gasteiger partial charge is 0.216 e. The highest BCUT2D eigenvalue weighted by molar-refractivity contribution is 7.90. The van der Waals surface area contributed by atoms with Gasteiger partial charge in [-0.15, -0.1) is 0 Å². The second-order valence-electron chi connectivity index (χ2n) is 4.75. The molecule has 1 aromatic carbocycles. The van der Waals surface area contributed by atoms with Crippen molar-refractivity contribution in [2.75, 3.05) is 25.9 Å². The topological polar surface area (TPSA) is 90.7 Å². The van der Waals surface area contributed by atoms with Crippen LogP contribution in [0.3, 0.4) is 0 Å². The van der Waals surface area contributed by atoms with Gasteiger partial charge in [-0.05, 0) is 0 Å². The van der Waals surface area contributed by atoms with E-state index in [1.54, 1.807) is 0 Å². The Bertz CT molecular complexity index is 516. The lowest BCUT2D eigenvalue weighted by Gasteiger charge is -2.14. The molecule has 0 amide bonds. The maximum absolute atomic E-state index is 11.2. The Morgan fingerprint density at radius 1 is 1.30 bits per heavy atom. The lowest BCUT2D eigenvalue weighted by atomic mass is 10.2. The summed E-state index contributed by atoms with van der Waals surface area (Å²) in [7, 11) is -1.73. The van der Waals surface area contributed by atoms with E-state index in [9.17, 15) is 18.3 Å². The Morgan fingerprint density at radius 3 is 2.55 bits per heavy atom. The standard InChI is InChI=1S/C13H20N2O4S/c1-15(10-12-6-3-2-4-7-12)9-5-8-14-20(18,19)11-13(16)17/h2-4,6-7,14H,5,8-11H2,1H3,(H,16,17). The van der Waals surface area contributed by atoms with Crippen LogP contribution < -0.4 is 14.7 Å². The summed E-state index contributed by atoms with van der Waals surface area (Å²) < 4.78 is 24.7. The summed E-state index contributed by atoms with van der Waals surface area (Å²) in [6, 6.07) is 10.0. The summed E-state index contributed by atoms with van der Waals surface area (Å²) in [6.45, 7) is 1.90. The van der Waals surface area contributed by atoms with Crippen LogP contribution >= 0.6 is 0 Å². The summed E-state index contributed by atoms with van der Waals surface area (Å²) >= 11 is 0. The van der Waals surface area contributed by atoms with E-state index in [0.29, 0.717) is 6.42 Å². The summed E-state index contributed by atoms with van der Waals surface area (Å²) in [5.74, 6) is -2.58. The number of rotatable bonds is 9. The van der Waals surface area contributed by atoms with Crippen LogP contribution in [0.4, 0.5) is 0 Å². The van der Waals surface area contributed by atoms with Crippen molar-refractivity contribution in [1.82, 2.24) is 4.72 Å². The van der Waals surface area contributed by atoms with Crippen molar-refractivity contribution in [3.05, 3.63) is 35.9 Å². The molecule has 1 aromatic rings. The van der Waals surface area contributed by atoms with Gasteiger partial charge in [0.2, 0.25) is 10.0 Å². The van der Waals surface area contributed by atoms with Crippen LogP contribution in [0.1, 0.15) is 12.0 Å². The maximum Gasteiger partial charge on any atom is 0.216 e. The van der Waals surface area contributed by atoms with E-state index in [0.717, 1.165) is 13.1 Å². The molecule has 0 aliphatic heterocycles. The lowest BCUT2D eigenvalue weighted by molar-refractivity contribution is -0.893. The van der Waals surface area contributed by atoms with E-state index in [1.165, 1.54) is 10.5 Å². The Kier molecular flexibility index (Phi) is 6.63. The average Bonchev–Trinajstić information content (AvgIpc) is 2.34. The molecule has 1 rings (SSSR count). The molecule has 0 radical (unpaired) electrons. The van der Waals surface area contributed by atoms with Crippen molar-refractivity contribution in [2.45, 2.75) is 13.0 Å². The summed E-state index contributed by atoms with van der Waals surface area (Å²) in [6.07, 6.45) is 0.644. The number of hydrogen-bond acceptors (Lipinski definition) is 4. The quantitative estimate of drug-likeness (QED) is 0.505. The molecule has 112 valence electrons. The largest absolute Gasteiger partial charge is 0.549 e. The van der Waals surface area contributed by atoms with Crippen molar-refractivity contribution < 1.29 is 23.2 Å². The maximum atomic E-state index is 11.2. The third-order valence-electron chi connectivity index (χ3n) is 2.76. The van der Waals surface area contributed by atoms with Gasteiger partial charge in [0, 0.05) is 18.5 Å². The van der Waals surface area contributed by atoms with Crippen molar-refractivity contribution >= 4 is 16.0 Å². The minimum absolute atomic E-state index is 0.238. The number of carbonyl (C=O) groups excluding carboxylic acids is 1. The van der Waals surface area contributed by atoms with Gasteiger partial charge in [-0.2, -0.15) is 0 Å². The highest BCUT2D eigenvalue weighted by atomic mass is 32.2. The number of aliphatic carboxylic acids is 1. The molecule has 2 N–H and O–H groups in total. The fourth-order valence-electron chi connectivity index (χ4n) is 1.86. The van der Waals surface area contributed by atoms with Gasteiger partial charge in [0.15, 0.2) is 0 Å². The van der Waals surface area contributed by atoms with Crippen LogP contribution in [-0.2, 0) is 21.4 Å². The molecule has 20 heavy (non-hydrogen) atoms. The highest BCUT2D eigenvalue weighted by Crippen LogP contribution is 1.94. The minimum Gasteiger partial charge on any atom is -0.549 e. The van der Waals surface area contributed by atoms with E-state index >= 15 is 0 Å². The third kappa shape index (κ3) is 7.22. The number of benzene rings is 1. The molecule has 1 atom stereocenters. The number of carbonyl (C=O) groups is 1. The normalized spacial score (nSPS) is 13.1. The Morgan fingerprint density at radius 2 is 1.95 bits per heavy atom. The van der Waals surface area contributed by atoms with Gasteiger partial charge in [0.25, 0.3) is 0 Å². The minimum atomic E-state index is -3.76. The molecule has 0 fully saturated rings. The lowest BCUT2D eigenvalue weighted by Crippen LogP contribution is -3.07. The van der Waals surface area contributed by atoms with Crippen molar-refractivity contribution in [3.8, 4) is 0 Å². The monoisotopic (exact) mass is 300 g/mol. The predicted octanol–water partition coefficient (Wildman–Crippen LogP) is -2.24. The van der Waals surface area contributed by atoms with Crippen LogP contribution in [0.15, 0.2) is 30.3 Å². The van der Waals surface area contributed by atoms with Crippen LogP contribution in [0.2, 0.25) is 0 Å². The first kappa shape index (κ1) is 16.6. The fraction of sp³-hybridized carbons (Fsp3) is 0.462. The molecule has 0 aliphatic carbocycles. The zero-order valence-electron chi connectivity index (χ0n) is 11.5. The average molecular weight is 300 g/mol. The first-order chi connectivity index (χ1) is 9.39. The molecule has 0 heterocycles. The van der Waals surface area contributed by atoms with Crippen LogP contribution in [0.5, 0.6) is 0 Å². The Hall–Kier alpha value is -1.44. The van der Waals surface area contributed by atoms with Gasteiger partial charge in [-0.3, -0.25) is 0 Å². The van der Waals surface area contributed by atoms with Crippen LogP contribution in [-0.4, -0.2) is 40.3 Å². The third-order valence-corrected chi connectivity index (χ3v) is 4.02. The van der Waals surface area contributed by atoms with Gasteiger partial charge < -0.3 is 14.8 Å². The molecule has 7 heteroatoms. The molecular formula is C13H20N2O4S. The molecule has 0 aromatic heterocycles. The molecule has 6 nitrogen and oxygen atoms in total. The number of carboxylic acid groups (broad SMARTS) is 1. The van der Waals surface area contributed by atoms with Crippen LogP contribution in [0.25, 0.3) is 0 Å². The number of carboxylic acids is 1. The van der Waals surface area contributed by atoms with Gasteiger partial charge in [-0.1, -0.05) is 30.3 Å². The number of hydrogen-bond donors (Lipinski definition) is 2. The Labute approximate surface area is 119 Å². The Balaban J connectivity index is 2.22. The van der Waals surface area contributed by atoms with Gasteiger partial charge in [-0.25, -0.2) is 13.1 Å². The van der Waals surface area contributed by atoms with Crippen molar-refractivity contribution in [2.24, 2.45) is 0 Å². The second kappa shape index (κ2) is 7.98. The number of quaternary nitrogens is 1. The molecule has 0 saturated carbocycles. The molecular weight excluding hydrogens is 280 g/mol. The molecule has 0 spiro atoms. The fourth-order valence-corrected chi connectivity index (χ4v) is 2.72. The molecule has 0 aliphatic rings. The van der Waals surface area contributed by atoms with E-state index < -0.39 is 21.7 Å². The SMILES string of the molecule is C[NH+](CCCNS(=O)(=O)CC(=O)[O-])Cc1ccccc1. The van der Waals surface area contributed by atoms with Crippen molar-refractivity contribution in [1.29, 1.82) is 0 Å². The first-order valence-electron chi connectivity index (χ1n) is 6.41. The highest BCUT2D eigenvalue weighted by Gasteiger charge is 2.10. The van der Waals surface area contributed by atoms with Crippen molar-refractivity contribution in [3.63, 3.8) is 0 Å². The van der Waals surface area contributed by atoms with Gasteiger partial charge in [0.1, 0.15) is 12.3 Å². The van der Waals surface area contributed by atoms with Crippen LogP contribution in [0, 0.1) is 0 Å². The van der Waals surface area contributed by atoms with E-state index in [1.807, 2.05) is 37.4 Å². The number of sulfonamides is 1. The van der Waals surface area contributed by atoms with E-state index in [-0.39, 0.29) is 6.54 Å². The number of nitrogens with one attached hydrogen (secondary N) is 2.